The molecule has 1 N–H and O–H groups in total. The molecule has 0 spiro atoms. The molecule has 1 amide bonds. The summed E-state index contributed by atoms with van der Waals surface area (Å²) < 4.78 is 7.32. The molecule has 3 aromatic heterocycles. The van der Waals surface area contributed by atoms with Crippen LogP contribution in [0.4, 0.5) is 5.13 Å². The molecule has 144 valence electrons. The third-order valence-electron chi connectivity index (χ3n) is 4.18. The van der Waals surface area contributed by atoms with E-state index in [1.165, 1.54) is 23.1 Å². The van der Waals surface area contributed by atoms with Gasteiger partial charge in [0.2, 0.25) is 11.0 Å². The van der Waals surface area contributed by atoms with E-state index in [1.54, 1.807) is 7.11 Å². The fourth-order valence-electron chi connectivity index (χ4n) is 2.83. The minimum atomic E-state index is -0.157. The van der Waals surface area contributed by atoms with E-state index in [4.69, 9.17) is 4.74 Å². The van der Waals surface area contributed by atoms with Gasteiger partial charge in [0.25, 0.3) is 0 Å². The quantitative estimate of drug-likeness (QED) is 0.484. The van der Waals surface area contributed by atoms with E-state index in [2.05, 4.69) is 31.8 Å². The maximum absolute atomic E-state index is 12.3. The van der Waals surface area contributed by atoms with Crippen molar-refractivity contribution in [2.75, 3.05) is 18.2 Å². The minimum absolute atomic E-state index is 0.157. The summed E-state index contributed by atoms with van der Waals surface area (Å²) >= 11 is 2.71. The Bertz CT molecular complexity index is 1170. The highest BCUT2D eigenvalue weighted by atomic mass is 32.2. The predicted molar refractivity (Wildman–Crippen MR) is 110 cm³/mol. The zero-order valence-electron chi connectivity index (χ0n) is 15.6. The highest BCUT2D eigenvalue weighted by molar-refractivity contribution is 7.99. The van der Waals surface area contributed by atoms with Crippen LogP contribution in [-0.4, -0.2) is 43.6 Å². The number of hydrogen-bond acceptors (Lipinski definition) is 8. The lowest BCUT2D eigenvalue weighted by Gasteiger charge is -2.08. The predicted octanol–water partition coefficient (Wildman–Crippen LogP) is 3.34. The normalized spacial score (nSPS) is 11.2. The van der Waals surface area contributed by atoms with E-state index in [0.717, 1.165) is 39.3 Å². The van der Waals surface area contributed by atoms with Crippen molar-refractivity contribution in [2.45, 2.75) is 25.4 Å². The van der Waals surface area contributed by atoms with Gasteiger partial charge in [-0.3, -0.25) is 14.5 Å². The Morgan fingerprint density at radius 2 is 2.11 bits per heavy atom. The van der Waals surface area contributed by atoms with Gasteiger partial charge in [0.1, 0.15) is 10.8 Å². The number of anilines is 1. The van der Waals surface area contributed by atoms with Crippen molar-refractivity contribution in [1.82, 2.24) is 24.8 Å². The second-order valence-corrected chi connectivity index (χ2v) is 8.09. The molecular weight excluding hydrogens is 396 g/mol. The SMILES string of the molecule is CCc1nnc(NC(=O)CSc2nnc3c(C)cc4ccc(OC)cc4n23)s1. The first-order chi connectivity index (χ1) is 13.6. The third-order valence-corrected chi connectivity index (χ3v) is 6.10. The Kier molecular flexibility index (Phi) is 5.14. The molecule has 0 fully saturated rings. The molecule has 4 aromatic rings. The fraction of sp³-hybridized carbons (Fsp3) is 0.278. The number of ether oxygens (including phenoxy) is 1. The van der Waals surface area contributed by atoms with Crippen molar-refractivity contribution >= 4 is 50.7 Å². The minimum Gasteiger partial charge on any atom is -0.497 e. The molecule has 0 aliphatic rings. The topological polar surface area (TPSA) is 94.3 Å². The number of aryl methyl sites for hydroxylation is 2. The van der Waals surface area contributed by atoms with Crippen LogP contribution in [0, 0.1) is 6.92 Å². The number of benzene rings is 1. The average Bonchev–Trinajstić information content (AvgIpc) is 3.33. The highest BCUT2D eigenvalue weighted by Crippen LogP contribution is 2.28. The van der Waals surface area contributed by atoms with Crippen molar-refractivity contribution in [1.29, 1.82) is 0 Å². The highest BCUT2D eigenvalue weighted by Gasteiger charge is 2.15. The maximum Gasteiger partial charge on any atom is 0.236 e. The van der Waals surface area contributed by atoms with Crippen LogP contribution in [0.15, 0.2) is 29.4 Å². The number of nitrogens with one attached hydrogen (secondary N) is 1. The first-order valence-corrected chi connectivity index (χ1v) is 10.5. The smallest absolute Gasteiger partial charge is 0.236 e. The molecule has 0 unspecified atom stereocenters. The number of fused-ring (bicyclic) bond motifs is 3. The van der Waals surface area contributed by atoms with Gasteiger partial charge in [-0.05, 0) is 42.5 Å². The Balaban J connectivity index is 1.60. The molecule has 0 saturated heterocycles. The van der Waals surface area contributed by atoms with Gasteiger partial charge in [-0.15, -0.1) is 20.4 Å². The first-order valence-electron chi connectivity index (χ1n) is 8.66. The maximum atomic E-state index is 12.3. The van der Waals surface area contributed by atoms with Crippen LogP contribution in [0.25, 0.3) is 16.6 Å². The van der Waals surface area contributed by atoms with Gasteiger partial charge in [0, 0.05) is 6.07 Å². The fourth-order valence-corrected chi connectivity index (χ4v) is 4.27. The number of carbonyl (C=O) groups excluding carboxylic acids is 1. The number of thioether (sulfide) groups is 1. The molecular formula is C18H18N6O2S2. The summed E-state index contributed by atoms with van der Waals surface area (Å²) in [6.07, 6.45) is 0.796. The van der Waals surface area contributed by atoms with Gasteiger partial charge in [-0.1, -0.05) is 30.0 Å². The van der Waals surface area contributed by atoms with Gasteiger partial charge in [0.15, 0.2) is 10.8 Å². The summed E-state index contributed by atoms with van der Waals surface area (Å²) in [4.78, 5) is 12.3. The first kappa shape index (κ1) is 18.6. The molecule has 0 radical (unpaired) electrons. The van der Waals surface area contributed by atoms with Gasteiger partial charge < -0.3 is 4.74 Å². The summed E-state index contributed by atoms with van der Waals surface area (Å²) in [7, 11) is 1.64. The Labute approximate surface area is 169 Å². The van der Waals surface area contributed by atoms with Crippen LogP contribution in [0.3, 0.4) is 0 Å². The lowest BCUT2D eigenvalue weighted by Crippen LogP contribution is -2.14. The van der Waals surface area contributed by atoms with Crippen LogP contribution in [0.1, 0.15) is 17.5 Å². The van der Waals surface area contributed by atoms with Gasteiger partial charge in [-0.25, -0.2) is 0 Å². The monoisotopic (exact) mass is 414 g/mol. The summed E-state index contributed by atoms with van der Waals surface area (Å²) in [6.45, 7) is 4.00. The van der Waals surface area contributed by atoms with Crippen LogP contribution in [0.2, 0.25) is 0 Å². The van der Waals surface area contributed by atoms with Crippen LogP contribution in [-0.2, 0) is 11.2 Å². The lowest BCUT2D eigenvalue weighted by atomic mass is 10.1. The molecule has 0 aliphatic carbocycles. The van der Waals surface area contributed by atoms with Crippen molar-refractivity contribution < 1.29 is 9.53 Å². The largest absolute Gasteiger partial charge is 0.497 e. The van der Waals surface area contributed by atoms with Crippen molar-refractivity contribution in [3.05, 3.63) is 34.8 Å². The molecule has 28 heavy (non-hydrogen) atoms. The van der Waals surface area contributed by atoms with Crippen LogP contribution < -0.4 is 10.1 Å². The zero-order chi connectivity index (χ0) is 19.7. The van der Waals surface area contributed by atoms with Crippen LogP contribution >= 0.6 is 23.1 Å². The molecule has 0 bridgehead atoms. The Hall–Kier alpha value is -2.72. The van der Waals surface area contributed by atoms with Crippen molar-refractivity contribution in [3.8, 4) is 5.75 Å². The van der Waals surface area contributed by atoms with E-state index in [1.807, 2.05) is 36.4 Å². The lowest BCUT2D eigenvalue weighted by molar-refractivity contribution is -0.113. The molecule has 3 heterocycles. The zero-order valence-corrected chi connectivity index (χ0v) is 17.2. The summed E-state index contributed by atoms with van der Waals surface area (Å²) in [5.74, 6) is 0.791. The number of amides is 1. The van der Waals surface area contributed by atoms with E-state index in [-0.39, 0.29) is 11.7 Å². The number of aromatic nitrogens is 5. The van der Waals surface area contributed by atoms with Gasteiger partial charge >= 0.3 is 0 Å². The molecule has 4 rings (SSSR count). The van der Waals surface area contributed by atoms with Crippen LogP contribution in [0.5, 0.6) is 5.75 Å². The number of carbonyl (C=O) groups is 1. The number of rotatable bonds is 6. The molecule has 8 nitrogen and oxygen atoms in total. The van der Waals surface area contributed by atoms with Gasteiger partial charge in [-0.2, -0.15) is 0 Å². The number of nitrogens with zero attached hydrogens (tertiary/aromatic N) is 5. The Morgan fingerprint density at radius 1 is 1.25 bits per heavy atom. The second kappa shape index (κ2) is 7.72. The summed E-state index contributed by atoms with van der Waals surface area (Å²) in [5, 5.41) is 22.5. The number of pyridine rings is 1. The summed E-state index contributed by atoms with van der Waals surface area (Å²) in [5.41, 5.74) is 2.72. The molecule has 0 atom stereocenters. The molecule has 0 aliphatic heterocycles. The number of hydrogen-bond donors (Lipinski definition) is 1. The standard InChI is InChI=1S/C18H18N6O2S2/c1-4-15-20-22-17(28-15)19-14(25)9-27-18-23-21-16-10(2)7-11-5-6-12(26-3)8-13(11)24(16)18/h5-8H,4,9H2,1-3H3,(H,19,22,25). The summed E-state index contributed by atoms with van der Waals surface area (Å²) in [6, 6.07) is 7.94. The Morgan fingerprint density at radius 3 is 2.86 bits per heavy atom. The average molecular weight is 415 g/mol. The molecule has 10 heteroatoms. The van der Waals surface area contributed by atoms with Crippen molar-refractivity contribution in [3.63, 3.8) is 0 Å². The number of methoxy groups -OCH3 is 1. The molecule has 0 saturated carbocycles. The molecule has 1 aromatic carbocycles. The van der Waals surface area contributed by atoms with E-state index in [0.29, 0.717) is 10.3 Å². The van der Waals surface area contributed by atoms with E-state index < -0.39 is 0 Å². The van der Waals surface area contributed by atoms with E-state index in [9.17, 15) is 4.79 Å². The van der Waals surface area contributed by atoms with Crippen molar-refractivity contribution in [2.24, 2.45) is 0 Å². The third kappa shape index (κ3) is 3.52. The van der Waals surface area contributed by atoms with E-state index >= 15 is 0 Å². The van der Waals surface area contributed by atoms with Gasteiger partial charge in [0.05, 0.1) is 18.4 Å². The second-order valence-electron chi connectivity index (χ2n) is 6.09.